The van der Waals surface area contributed by atoms with Crippen LogP contribution in [0.1, 0.15) is 11.1 Å². The Morgan fingerprint density at radius 2 is 1.90 bits per heavy atom. The Bertz CT molecular complexity index is 623. The Labute approximate surface area is 127 Å². The maximum atomic E-state index is 11.2. The third-order valence-electron chi connectivity index (χ3n) is 2.58. The molecule has 0 saturated carbocycles. The lowest BCUT2D eigenvalue weighted by atomic mass is 10.2. The molecule has 2 aromatic rings. The SMILES string of the molecule is C/[N+]([O-])=C\c1cc(Cl)cc(Cl)c1OCc1ccccc1. The third-order valence-corrected chi connectivity index (χ3v) is 3.08. The van der Waals surface area contributed by atoms with Crippen molar-refractivity contribution in [2.45, 2.75) is 6.61 Å². The quantitative estimate of drug-likeness (QED) is 0.368. The lowest BCUT2D eigenvalue weighted by Gasteiger charge is -2.11. The number of hydroxylamine groups is 1. The molecule has 0 fully saturated rings. The third kappa shape index (κ3) is 3.89. The zero-order chi connectivity index (χ0) is 14.5. The van der Waals surface area contributed by atoms with Gasteiger partial charge in [0.25, 0.3) is 0 Å². The fraction of sp³-hybridized carbons (Fsp3) is 0.133. The first-order valence-corrected chi connectivity index (χ1v) is 6.72. The largest absolute Gasteiger partial charge is 0.624 e. The molecule has 104 valence electrons. The van der Waals surface area contributed by atoms with Gasteiger partial charge < -0.3 is 9.94 Å². The summed E-state index contributed by atoms with van der Waals surface area (Å²) in [5.41, 5.74) is 1.57. The van der Waals surface area contributed by atoms with Gasteiger partial charge in [-0.25, -0.2) is 4.74 Å². The summed E-state index contributed by atoms with van der Waals surface area (Å²) in [4.78, 5) is 0. The summed E-state index contributed by atoms with van der Waals surface area (Å²) in [7, 11) is 1.38. The second-order valence-electron chi connectivity index (χ2n) is 4.26. The zero-order valence-corrected chi connectivity index (χ0v) is 12.4. The van der Waals surface area contributed by atoms with Crippen LogP contribution in [0, 0.1) is 5.21 Å². The Morgan fingerprint density at radius 3 is 2.55 bits per heavy atom. The molecule has 3 nitrogen and oxygen atoms in total. The number of nitrogens with zero attached hydrogens (tertiary/aromatic N) is 1. The minimum atomic E-state index is 0.367. The van der Waals surface area contributed by atoms with Crippen LogP contribution in [0.4, 0.5) is 0 Å². The molecule has 0 aliphatic heterocycles. The van der Waals surface area contributed by atoms with E-state index in [1.807, 2.05) is 30.3 Å². The van der Waals surface area contributed by atoms with Crippen molar-refractivity contribution in [1.82, 2.24) is 0 Å². The number of hydrogen-bond donors (Lipinski definition) is 0. The molecule has 0 heterocycles. The van der Waals surface area contributed by atoms with E-state index in [1.165, 1.54) is 13.3 Å². The second-order valence-corrected chi connectivity index (χ2v) is 5.10. The van der Waals surface area contributed by atoms with Crippen LogP contribution in [0.2, 0.25) is 10.0 Å². The van der Waals surface area contributed by atoms with Gasteiger partial charge in [-0.1, -0.05) is 53.5 Å². The van der Waals surface area contributed by atoms with Crippen LogP contribution in [0.3, 0.4) is 0 Å². The smallest absolute Gasteiger partial charge is 0.185 e. The number of benzene rings is 2. The Morgan fingerprint density at radius 1 is 1.20 bits per heavy atom. The van der Waals surface area contributed by atoms with E-state index in [0.717, 1.165) is 5.56 Å². The molecular formula is C15H13Cl2NO2. The lowest BCUT2D eigenvalue weighted by molar-refractivity contribution is -0.416. The molecular weight excluding hydrogens is 297 g/mol. The van der Waals surface area contributed by atoms with Gasteiger partial charge in [-0.3, -0.25) is 0 Å². The van der Waals surface area contributed by atoms with Crippen molar-refractivity contribution < 1.29 is 9.48 Å². The highest BCUT2D eigenvalue weighted by atomic mass is 35.5. The minimum absolute atomic E-state index is 0.367. The van der Waals surface area contributed by atoms with Gasteiger partial charge in [0, 0.05) is 5.02 Å². The van der Waals surface area contributed by atoms with Gasteiger partial charge in [-0.2, -0.15) is 0 Å². The van der Waals surface area contributed by atoms with Gasteiger partial charge in [-0.05, 0) is 17.7 Å². The van der Waals surface area contributed by atoms with E-state index in [-0.39, 0.29) is 0 Å². The molecule has 0 unspecified atom stereocenters. The fourth-order valence-corrected chi connectivity index (χ4v) is 2.32. The van der Waals surface area contributed by atoms with Crippen molar-refractivity contribution in [2.24, 2.45) is 0 Å². The molecule has 0 aliphatic rings. The molecule has 0 atom stereocenters. The van der Waals surface area contributed by atoms with Crippen LogP contribution in [0.5, 0.6) is 5.75 Å². The first kappa shape index (κ1) is 14.7. The predicted octanol–water partition coefficient (Wildman–Crippen LogP) is 4.13. The van der Waals surface area contributed by atoms with Gasteiger partial charge >= 0.3 is 0 Å². The van der Waals surface area contributed by atoms with Gasteiger partial charge in [0.1, 0.15) is 13.7 Å². The monoisotopic (exact) mass is 309 g/mol. The molecule has 0 saturated heterocycles. The average Bonchev–Trinajstić information content (AvgIpc) is 2.38. The Balaban J connectivity index is 2.28. The van der Waals surface area contributed by atoms with Crippen molar-refractivity contribution in [3.05, 3.63) is 68.8 Å². The molecule has 0 aromatic heterocycles. The highest BCUT2D eigenvalue weighted by Crippen LogP contribution is 2.32. The van der Waals surface area contributed by atoms with Crippen LogP contribution in [0.25, 0.3) is 0 Å². The van der Waals surface area contributed by atoms with E-state index in [0.29, 0.717) is 32.7 Å². The summed E-state index contributed by atoms with van der Waals surface area (Å²) in [5, 5.41) is 12.0. The summed E-state index contributed by atoms with van der Waals surface area (Å²) in [6.07, 6.45) is 1.37. The van der Waals surface area contributed by atoms with Crippen molar-refractivity contribution >= 4 is 29.4 Å². The van der Waals surface area contributed by atoms with Crippen LogP contribution < -0.4 is 4.74 Å². The van der Waals surface area contributed by atoms with Crippen molar-refractivity contribution in [2.75, 3.05) is 7.05 Å². The topological polar surface area (TPSA) is 35.3 Å². The average molecular weight is 310 g/mol. The number of halogens is 2. The summed E-state index contributed by atoms with van der Waals surface area (Å²) in [6.45, 7) is 0.367. The van der Waals surface area contributed by atoms with Crippen molar-refractivity contribution in [1.29, 1.82) is 0 Å². The van der Waals surface area contributed by atoms with E-state index < -0.39 is 0 Å². The molecule has 0 spiro atoms. The molecule has 0 N–H and O–H groups in total. The predicted molar refractivity (Wildman–Crippen MR) is 82.0 cm³/mol. The van der Waals surface area contributed by atoms with Crippen molar-refractivity contribution in [3.63, 3.8) is 0 Å². The van der Waals surface area contributed by atoms with Crippen LogP contribution in [-0.4, -0.2) is 18.0 Å². The number of rotatable bonds is 4. The standard InChI is InChI=1S/C15H13Cl2NO2/c1-18(19)9-12-7-13(16)8-14(17)15(12)20-10-11-5-3-2-4-6-11/h2-9H,10H2,1H3/b18-9+. The maximum Gasteiger partial charge on any atom is 0.185 e. The highest BCUT2D eigenvalue weighted by molar-refractivity contribution is 6.36. The van der Waals surface area contributed by atoms with Crippen LogP contribution >= 0.6 is 23.2 Å². The van der Waals surface area contributed by atoms with E-state index in [9.17, 15) is 5.21 Å². The molecule has 0 radical (unpaired) electrons. The summed E-state index contributed by atoms with van der Waals surface area (Å²) in [5.74, 6) is 0.447. The molecule has 5 heteroatoms. The minimum Gasteiger partial charge on any atom is -0.624 e. The van der Waals surface area contributed by atoms with Crippen molar-refractivity contribution in [3.8, 4) is 5.75 Å². The van der Waals surface area contributed by atoms with E-state index >= 15 is 0 Å². The summed E-state index contributed by atoms with van der Waals surface area (Å²) in [6, 6.07) is 12.9. The highest BCUT2D eigenvalue weighted by Gasteiger charge is 2.12. The maximum absolute atomic E-state index is 11.2. The first-order valence-electron chi connectivity index (χ1n) is 5.97. The van der Waals surface area contributed by atoms with E-state index in [4.69, 9.17) is 27.9 Å². The summed E-state index contributed by atoms with van der Waals surface area (Å²) >= 11 is 12.1. The fourth-order valence-electron chi connectivity index (χ4n) is 1.75. The van der Waals surface area contributed by atoms with Gasteiger partial charge in [-0.15, -0.1) is 0 Å². The van der Waals surface area contributed by atoms with Crippen LogP contribution in [0.15, 0.2) is 42.5 Å². The van der Waals surface area contributed by atoms with Crippen LogP contribution in [-0.2, 0) is 6.61 Å². The first-order chi connectivity index (χ1) is 9.56. The molecule has 0 bridgehead atoms. The summed E-state index contributed by atoms with van der Waals surface area (Å²) < 4.78 is 6.40. The van der Waals surface area contributed by atoms with Gasteiger partial charge in [0.05, 0.1) is 10.6 Å². The van der Waals surface area contributed by atoms with Gasteiger partial charge in [0.15, 0.2) is 12.0 Å². The normalized spacial score (nSPS) is 11.4. The molecule has 2 aromatic carbocycles. The van der Waals surface area contributed by atoms with E-state index in [1.54, 1.807) is 12.1 Å². The molecule has 20 heavy (non-hydrogen) atoms. The van der Waals surface area contributed by atoms with E-state index in [2.05, 4.69) is 0 Å². The molecule has 0 amide bonds. The second kappa shape index (κ2) is 6.64. The lowest BCUT2D eigenvalue weighted by Crippen LogP contribution is -2.03. The Kier molecular flexibility index (Phi) is 4.88. The molecule has 2 rings (SSSR count). The molecule has 0 aliphatic carbocycles. The Hall–Kier alpha value is -1.71. The zero-order valence-electron chi connectivity index (χ0n) is 10.8. The number of ether oxygens (including phenoxy) is 1. The van der Waals surface area contributed by atoms with Gasteiger partial charge in [0.2, 0.25) is 0 Å². The number of hydrogen-bond acceptors (Lipinski definition) is 2.